The highest BCUT2D eigenvalue weighted by Gasteiger charge is 2.35. The molecule has 7 nitrogen and oxygen atoms in total. The number of halogens is 1. The van der Waals surface area contributed by atoms with Crippen LogP contribution in [0.15, 0.2) is 66.7 Å². The molecule has 1 heterocycles. The number of carbonyl (C=O) groups is 3. The Morgan fingerprint density at radius 1 is 0.915 bits per heavy atom. The number of hydrogen-bond acceptors (Lipinski definition) is 6. The minimum absolute atomic E-state index is 0.0185. The predicted octanol–water partition coefficient (Wildman–Crippen LogP) is 9.64. The van der Waals surface area contributed by atoms with E-state index in [1.807, 2.05) is 93.3 Å². The van der Waals surface area contributed by atoms with Gasteiger partial charge in [0.05, 0.1) is 11.6 Å². The molecule has 1 saturated carbocycles. The van der Waals surface area contributed by atoms with Crippen molar-refractivity contribution in [2.75, 3.05) is 13.7 Å². The second-order valence-corrected chi connectivity index (χ2v) is 14.5. The van der Waals surface area contributed by atoms with Crippen LogP contribution in [0.3, 0.4) is 0 Å². The Morgan fingerprint density at radius 3 is 2.17 bits per heavy atom. The van der Waals surface area contributed by atoms with Crippen LogP contribution >= 0.6 is 22.9 Å². The number of rotatable bonds is 9. The second kappa shape index (κ2) is 14.5. The second-order valence-electron chi connectivity index (χ2n) is 13.1. The van der Waals surface area contributed by atoms with Gasteiger partial charge in [-0.3, -0.25) is 9.59 Å². The third kappa shape index (κ3) is 7.99. The SMILES string of the molecule is CCOc1ccc(-c2ccc(C(C)=O)cc2)cc1CN(C(=O)c1sc2ccccc2c1Cl)[C@H]1CC[C@H](N(C)C(=O)OC(C)(C)C)CC1. The van der Waals surface area contributed by atoms with E-state index < -0.39 is 5.60 Å². The molecule has 0 atom stereocenters. The van der Waals surface area contributed by atoms with Gasteiger partial charge in [-0.15, -0.1) is 11.3 Å². The van der Waals surface area contributed by atoms with Gasteiger partial charge in [-0.25, -0.2) is 4.79 Å². The Morgan fingerprint density at radius 2 is 1.55 bits per heavy atom. The maximum atomic E-state index is 14.5. The molecule has 3 aromatic carbocycles. The molecule has 1 aliphatic carbocycles. The zero-order valence-electron chi connectivity index (χ0n) is 28.0. The first-order chi connectivity index (χ1) is 22.4. The summed E-state index contributed by atoms with van der Waals surface area (Å²) in [5.74, 6) is 0.624. The monoisotopic (exact) mass is 674 g/mol. The molecule has 0 radical (unpaired) electrons. The molecular weight excluding hydrogens is 632 g/mol. The van der Waals surface area contributed by atoms with Gasteiger partial charge in [-0.05, 0) is 89.6 Å². The lowest BCUT2D eigenvalue weighted by atomic mass is 9.89. The minimum atomic E-state index is -0.572. The van der Waals surface area contributed by atoms with Crippen LogP contribution in [0.25, 0.3) is 21.2 Å². The van der Waals surface area contributed by atoms with Crippen LogP contribution in [0.5, 0.6) is 5.75 Å². The maximum absolute atomic E-state index is 14.5. The number of Topliss-reactive ketones (excluding diaryl/α,β-unsaturated/α-hetero) is 1. The van der Waals surface area contributed by atoms with Crippen LogP contribution in [0.4, 0.5) is 4.79 Å². The molecule has 0 bridgehead atoms. The van der Waals surface area contributed by atoms with Crippen molar-refractivity contribution in [1.82, 2.24) is 9.80 Å². The first-order valence-electron chi connectivity index (χ1n) is 16.2. The number of hydrogen-bond donors (Lipinski definition) is 0. The number of amides is 2. The van der Waals surface area contributed by atoms with E-state index in [-0.39, 0.29) is 29.9 Å². The highest BCUT2D eigenvalue weighted by Crippen LogP contribution is 2.39. The summed E-state index contributed by atoms with van der Waals surface area (Å²) in [4.78, 5) is 43.4. The topological polar surface area (TPSA) is 76.2 Å². The van der Waals surface area contributed by atoms with Gasteiger partial charge in [-0.1, -0.05) is 60.1 Å². The van der Waals surface area contributed by atoms with Gasteiger partial charge in [0, 0.05) is 46.9 Å². The Labute approximate surface area is 286 Å². The van der Waals surface area contributed by atoms with Gasteiger partial charge >= 0.3 is 6.09 Å². The van der Waals surface area contributed by atoms with E-state index in [0.29, 0.717) is 28.6 Å². The molecule has 47 heavy (non-hydrogen) atoms. The molecule has 0 unspecified atom stereocenters. The van der Waals surface area contributed by atoms with E-state index in [1.165, 1.54) is 11.3 Å². The van der Waals surface area contributed by atoms with E-state index in [4.69, 9.17) is 21.1 Å². The Bertz CT molecular complexity index is 1750. The van der Waals surface area contributed by atoms with Gasteiger partial charge in [-0.2, -0.15) is 0 Å². The Kier molecular flexibility index (Phi) is 10.6. The van der Waals surface area contributed by atoms with Crippen molar-refractivity contribution in [3.63, 3.8) is 0 Å². The number of thiophene rings is 1. The quantitative estimate of drug-likeness (QED) is 0.165. The molecule has 1 aromatic heterocycles. The van der Waals surface area contributed by atoms with Gasteiger partial charge in [0.25, 0.3) is 5.91 Å². The van der Waals surface area contributed by atoms with Crippen molar-refractivity contribution in [3.8, 4) is 16.9 Å². The summed E-state index contributed by atoms with van der Waals surface area (Å²) in [6.45, 7) is 9.91. The standard InChI is InChI=1S/C38H43ClN2O5S/c1-7-45-32-21-16-27(26-14-12-25(13-15-26)24(2)42)22-28(32)23-41(36(43)35-34(39)31-10-8-9-11-33(31)47-35)30-19-17-29(18-20-30)40(6)37(44)46-38(3,4)5/h8-16,21-22,29-30H,7,17-20,23H2,1-6H3/t29-,30-. The lowest BCUT2D eigenvalue weighted by Crippen LogP contribution is -2.47. The van der Waals surface area contributed by atoms with Crippen LogP contribution in [0.2, 0.25) is 5.02 Å². The van der Waals surface area contributed by atoms with Crippen molar-refractivity contribution < 1.29 is 23.9 Å². The lowest BCUT2D eigenvalue weighted by Gasteiger charge is -2.40. The number of benzene rings is 3. The fourth-order valence-electron chi connectivity index (χ4n) is 6.15. The molecule has 2 amide bonds. The van der Waals surface area contributed by atoms with E-state index in [0.717, 1.165) is 58.2 Å². The molecule has 0 N–H and O–H groups in total. The minimum Gasteiger partial charge on any atom is -0.494 e. The predicted molar refractivity (Wildman–Crippen MR) is 190 cm³/mol. The Balaban J connectivity index is 1.47. The van der Waals surface area contributed by atoms with Crippen molar-refractivity contribution in [2.24, 2.45) is 0 Å². The first kappa shape index (κ1) is 34.5. The summed E-state index contributed by atoms with van der Waals surface area (Å²) < 4.78 is 12.7. The molecule has 4 aromatic rings. The largest absolute Gasteiger partial charge is 0.494 e. The summed E-state index contributed by atoms with van der Waals surface area (Å²) in [5, 5.41) is 1.35. The average molecular weight is 675 g/mol. The van der Waals surface area contributed by atoms with E-state index in [1.54, 1.807) is 18.9 Å². The van der Waals surface area contributed by atoms with Crippen molar-refractivity contribution >= 4 is 50.8 Å². The molecule has 0 aliphatic heterocycles. The summed E-state index contributed by atoms with van der Waals surface area (Å²) in [5.41, 5.74) is 2.91. The fourth-order valence-corrected chi connectivity index (χ4v) is 7.62. The third-order valence-electron chi connectivity index (χ3n) is 8.65. The summed E-state index contributed by atoms with van der Waals surface area (Å²) in [6, 6.07) is 21.3. The zero-order chi connectivity index (χ0) is 33.9. The number of ketones is 1. The summed E-state index contributed by atoms with van der Waals surface area (Å²) >= 11 is 8.28. The summed E-state index contributed by atoms with van der Waals surface area (Å²) in [6.07, 6.45) is 2.60. The number of carbonyl (C=O) groups excluding carboxylic acids is 3. The van der Waals surface area contributed by atoms with E-state index in [9.17, 15) is 14.4 Å². The molecule has 0 spiro atoms. The van der Waals surface area contributed by atoms with Gasteiger partial charge in [0.15, 0.2) is 5.78 Å². The van der Waals surface area contributed by atoms with Crippen molar-refractivity contribution in [2.45, 2.75) is 84.5 Å². The van der Waals surface area contributed by atoms with Crippen LogP contribution in [-0.2, 0) is 11.3 Å². The zero-order valence-corrected chi connectivity index (χ0v) is 29.5. The maximum Gasteiger partial charge on any atom is 0.410 e. The fraction of sp³-hybridized carbons (Fsp3) is 0.395. The third-order valence-corrected chi connectivity index (χ3v) is 10.3. The van der Waals surface area contributed by atoms with Crippen LogP contribution in [0.1, 0.15) is 85.9 Å². The number of nitrogens with zero attached hydrogens (tertiary/aromatic N) is 2. The molecule has 248 valence electrons. The van der Waals surface area contributed by atoms with E-state index in [2.05, 4.69) is 6.07 Å². The lowest BCUT2D eigenvalue weighted by molar-refractivity contribution is 0.0144. The molecule has 5 rings (SSSR count). The van der Waals surface area contributed by atoms with Gasteiger partial charge in [0.1, 0.15) is 16.2 Å². The van der Waals surface area contributed by atoms with Crippen molar-refractivity contribution in [1.29, 1.82) is 0 Å². The molecule has 9 heteroatoms. The van der Waals surface area contributed by atoms with Gasteiger partial charge in [0.2, 0.25) is 0 Å². The van der Waals surface area contributed by atoms with Crippen molar-refractivity contribution in [3.05, 3.63) is 87.8 Å². The molecule has 0 saturated heterocycles. The first-order valence-corrected chi connectivity index (χ1v) is 17.4. The summed E-state index contributed by atoms with van der Waals surface area (Å²) in [7, 11) is 1.79. The molecule has 1 aliphatic rings. The van der Waals surface area contributed by atoms with E-state index >= 15 is 0 Å². The van der Waals surface area contributed by atoms with Crippen LogP contribution < -0.4 is 4.74 Å². The van der Waals surface area contributed by atoms with Gasteiger partial charge < -0.3 is 19.3 Å². The van der Waals surface area contributed by atoms with Crippen LogP contribution in [-0.4, -0.2) is 58.9 Å². The highest BCUT2D eigenvalue weighted by atomic mass is 35.5. The molecule has 1 fully saturated rings. The highest BCUT2D eigenvalue weighted by molar-refractivity contribution is 7.21. The number of ether oxygens (including phenoxy) is 2. The number of fused-ring (bicyclic) bond motifs is 1. The Hall–Kier alpha value is -3.88. The molecular formula is C38H43ClN2O5S. The smallest absolute Gasteiger partial charge is 0.410 e. The average Bonchev–Trinajstić information content (AvgIpc) is 3.39. The normalized spacial score (nSPS) is 16.5. The van der Waals surface area contributed by atoms with Crippen LogP contribution in [0, 0.1) is 0 Å².